The van der Waals surface area contributed by atoms with Crippen molar-refractivity contribution in [2.24, 2.45) is 0 Å². The fourth-order valence-corrected chi connectivity index (χ4v) is 1.92. The summed E-state index contributed by atoms with van der Waals surface area (Å²) in [6.45, 7) is 4.33. The van der Waals surface area contributed by atoms with Gasteiger partial charge < -0.3 is 9.67 Å². The molecule has 0 bridgehead atoms. The van der Waals surface area contributed by atoms with Crippen LogP contribution in [0.1, 0.15) is 25.7 Å². The van der Waals surface area contributed by atoms with Crippen LogP contribution in [0.25, 0.3) is 0 Å². The molecule has 1 rings (SSSR count). The minimum atomic E-state index is 0.149. The van der Waals surface area contributed by atoms with Crippen molar-refractivity contribution < 1.29 is 5.11 Å². The fourth-order valence-electron chi connectivity index (χ4n) is 1.21. The van der Waals surface area contributed by atoms with Gasteiger partial charge in [0.05, 0.1) is 12.8 Å². The van der Waals surface area contributed by atoms with Gasteiger partial charge in [-0.3, -0.25) is 0 Å². The first kappa shape index (κ1) is 9.74. The maximum atomic E-state index is 8.77. The average molecular weight is 233 g/mol. The second-order valence-electron chi connectivity index (χ2n) is 2.93. The fraction of sp³-hybridized carbons (Fsp3) is 0.625. The highest BCUT2D eigenvalue weighted by molar-refractivity contribution is 9.10. The summed E-state index contributed by atoms with van der Waals surface area (Å²) in [5, 5.41) is 8.77. The number of hydrogen-bond acceptors (Lipinski definition) is 2. The van der Waals surface area contributed by atoms with Crippen LogP contribution in [0.15, 0.2) is 10.8 Å². The lowest BCUT2D eigenvalue weighted by Gasteiger charge is -2.11. The van der Waals surface area contributed by atoms with Gasteiger partial charge in [0.1, 0.15) is 10.4 Å². The van der Waals surface area contributed by atoms with Crippen molar-refractivity contribution in [3.63, 3.8) is 0 Å². The molecular weight excluding hydrogens is 220 g/mol. The summed E-state index contributed by atoms with van der Waals surface area (Å²) >= 11 is 3.41. The number of halogens is 1. The molecule has 0 aliphatic carbocycles. The van der Waals surface area contributed by atoms with E-state index in [1.54, 1.807) is 6.20 Å². The normalized spacial score (nSPS) is 11.1. The summed E-state index contributed by atoms with van der Waals surface area (Å²) in [7, 11) is 0. The largest absolute Gasteiger partial charge is 0.396 e. The van der Waals surface area contributed by atoms with Crippen LogP contribution >= 0.6 is 15.9 Å². The van der Waals surface area contributed by atoms with Crippen molar-refractivity contribution in [2.75, 3.05) is 6.61 Å². The molecule has 1 N–H and O–H groups in total. The van der Waals surface area contributed by atoms with Gasteiger partial charge >= 0.3 is 0 Å². The van der Waals surface area contributed by atoms with E-state index in [1.807, 2.05) is 0 Å². The Kier molecular flexibility index (Phi) is 3.29. The second-order valence-corrected chi connectivity index (χ2v) is 3.75. The van der Waals surface area contributed by atoms with E-state index in [-0.39, 0.29) is 6.61 Å². The van der Waals surface area contributed by atoms with E-state index in [4.69, 9.17) is 5.11 Å². The van der Waals surface area contributed by atoms with Gasteiger partial charge in [-0.2, -0.15) is 0 Å². The predicted molar refractivity (Wildman–Crippen MR) is 51.1 cm³/mol. The molecule has 1 heterocycles. The van der Waals surface area contributed by atoms with E-state index in [0.717, 1.165) is 10.4 Å². The number of aliphatic hydroxyl groups excluding tert-OH is 1. The molecule has 0 spiro atoms. The Morgan fingerprint density at radius 3 is 2.83 bits per heavy atom. The molecule has 4 heteroatoms. The molecule has 0 amide bonds. The van der Waals surface area contributed by atoms with Gasteiger partial charge in [-0.05, 0) is 29.8 Å². The smallest absolute Gasteiger partial charge is 0.112 e. The van der Waals surface area contributed by atoms with E-state index < -0.39 is 0 Å². The molecule has 0 aromatic carbocycles. The quantitative estimate of drug-likeness (QED) is 0.863. The van der Waals surface area contributed by atoms with Crippen molar-refractivity contribution in [1.29, 1.82) is 0 Å². The summed E-state index contributed by atoms with van der Waals surface area (Å²) in [5.41, 5.74) is 0. The molecule has 0 aliphatic rings. The van der Waals surface area contributed by atoms with Crippen molar-refractivity contribution in [3.8, 4) is 0 Å². The van der Waals surface area contributed by atoms with Gasteiger partial charge in [-0.1, -0.05) is 0 Å². The van der Waals surface area contributed by atoms with Crippen molar-refractivity contribution in [1.82, 2.24) is 9.55 Å². The zero-order valence-electron chi connectivity index (χ0n) is 7.29. The number of aromatic nitrogens is 2. The third kappa shape index (κ3) is 1.87. The summed E-state index contributed by atoms with van der Waals surface area (Å²) in [6, 6.07) is 0.378. The van der Waals surface area contributed by atoms with Crippen LogP contribution in [-0.4, -0.2) is 21.3 Å². The Bertz CT molecular complexity index is 258. The van der Waals surface area contributed by atoms with Crippen LogP contribution in [0, 0.1) is 0 Å². The zero-order chi connectivity index (χ0) is 9.14. The lowest BCUT2D eigenvalue weighted by molar-refractivity contribution is 0.293. The molecular formula is C8H13BrN2O. The van der Waals surface area contributed by atoms with E-state index in [2.05, 4.69) is 39.3 Å². The summed E-state index contributed by atoms with van der Waals surface area (Å²) in [4.78, 5) is 4.18. The molecule has 0 unspecified atom stereocenters. The lowest BCUT2D eigenvalue weighted by atomic mass is 10.3. The third-order valence-corrected chi connectivity index (χ3v) is 2.27. The highest BCUT2D eigenvalue weighted by Gasteiger charge is 2.09. The molecule has 0 saturated heterocycles. The van der Waals surface area contributed by atoms with Crippen LogP contribution in [0.2, 0.25) is 0 Å². The van der Waals surface area contributed by atoms with Crippen molar-refractivity contribution in [2.45, 2.75) is 26.3 Å². The van der Waals surface area contributed by atoms with Crippen LogP contribution in [0.5, 0.6) is 0 Å². The van der Waals surface area contributed by atoms with Crippen LogP contribution in [0.3, 0.4) is 0 Å². The molecule has 0 aliphatic heterocycles. The maximum absolute atomic E-state index is 8.77. The summed E-state index contributed by atoms with van der Waals surface area (Å²) < 4.78 is 3.04. The van der Waals surface area contributed by atoms with Gasteiger partial charge in [0.25, 0.3) is 0 Å². The minimum absolute atomic E-state index is 0.149. The average Bonchev–Trinajstić information content (AvgIpc) is 2.32. The SMILES string of the molecule is CC(C)n1c(Br)cnc1CCO. The minimum Gasteiger partial charge on any atom is -0.396 e. The number of nitrogens with zero attached hydrogens (tertiary/aromatic N) is 2. The Morgan fingerprint density at radius 1 is 1.67 bits per heavy atom. The highest BCUT2D eigenvalue weighted by Crippen LogP contribution is 2.18. The summed E-state index contributed by atoms with van der Waals surface area (Å²) in [5.74, 6) is 0.930. The number of rotatable bonds is 3. The van der Waals surface area contributed by atoms with E-state index in [9.17, 15) is 0 Å². The van der Waals surface area contributed by atoms with Gasteiger partial charge in [0, 0.05) is 12.5 Å². The van der Waals surface area contributed by atoms with Crippen molar-refractivity contribution in [3.05, 3.63) is 16.6 Å². The predicted octanol–water partition coefficient (Wildman–Crippen LogP) is 1.76. The first-order chi connectivity index (χ1) is 5.66. The Morgan fingerprint density at radius 2 is 2.33 bits per heavy atom. The molecule has 12 heavy (non-hydrogen) atoms. The van der Waals surface area contributed by atoms with Gasteiger partial charge in [-0.25, -0.2) is 4.98 Å². The molecule has 1 aromatic heterocycles. The van der Waals surface area contributed by atoms with E-state index in [0.29, 0.717) is 12.5 Å². The Labute approximate surface area is 80.6 Å². The highest BCUT2D eigenvalue weighted by atomic mass is 79.9. The maximum Gasteiger partial charge on any atom is 0.112 e. The topological polar surface area (TPSA) is 38.0 Å². The summed E-state index contributed by atoms with van der Waals surface area (Å²) in [6.07, 6.45) is 2.38. The number of aliphatic hydroxyl groups is 1. The van der Waals surface area contributed by atoms with Gasteiger partial charge in [0.15, 0.2) is 0 Å². The lowest BCUT2D eigenvalue weighted by Crippen LogP contribution is -2.08. The first-order valence-electron chi connectivity index (χ1n) is 3.99. The van der Waals surface area contributed by atoms with Crippen LogP contribution in [0.4, 0.5) is 0 Å². The Hall–Kier alpha value is -0.350. The second kappa shape index (κ2) is 4.05. The van der Waals surface area contributed by atoms with Crippen molar-refractivity contribution >= 4 is 15.9 Å². The van der Waals surface area contributed by atoms with Gasteiger partial charge in [0.2, 0.25) is 0 Å². The van der Waals surface area contributed by atoms with Crippen LogP contribution in [-0.2, 0) is 6.42 Å². The molecule has 3 nitrogen and oxygen atoms in total. The molecule has 68 valence electrons. The van der Waals surface area contributed by atoms with Crippen LogP contribution < -0.4 is 0 Å². The molecule has 1 aromatic rings. The van der Waals surface area contributed by atoms with E-state index in [1.165, 1.54) is 0 Å². The zero-order valence-corrected chi connectivity index (χ0v) is 8.87. The molecule has 0 saturated carbocycles. The number of hydrogen-bond donors (Lipinski definition) is 1. The Balaban J connectivity index is 2.95. The third-order valence-electron chi connectivity index (χ3n) is 1.68. The monoisotopic (exact) mass is 232 g/mol. The van der Waals surface area contributed by atoms with E-state index >= 15 is 0 Å². The molecule has 0 fully saturated rings. The van der Waals surface area contributed by atoms with Gasteiger partial charge in [-0.15, -0.1) is 0 Å². The molecule has 0 atom stereocenters. The first-order valence-corrected chi connectivity index (χ1v) is 4.78. The molecule has 0 radical (unpaired) electrons. The standard InChI is InChI=1S/C8H13BrN2O/c1-6(2)11-7(9)5-10-8(11)3-4-12/h5-6,12H,3-4H2,1-2H3. The number of imidazole rings is 1.